The summed E-state index contributed by atoms with van der Waals surface area (Å²) >= 11 is 0. The van der Waals surface area contributed by atoms with Crippen LogP contribution < -0.4 is 9.47 Å². The fraction of sp³-hybridized carbons (Fsp3) is 0.241. The number of benzene rings is 3. The first-order valence-electron chi connectivity index (χ1n) is 11.6. The van der Waals surface area contributed by atoms with Gasteiger partial charge in [-0.15, -0.1) is 0 Å². The average molecular weight is 471 g/mol. The van der Waals surface area contributed by atoms with Gasteiger partial charge < -0.3 is 19.3 Å². The van der Waals surface area contributed by atoms with Crippen molar-refractivity contribution < 1.29 is 28.9 Å². The monoisotopic (exact) mass is 470 g/mol. The Labute approximate surface area is 203 Å². The Balaban J connectivity index is 1.56. The van der Waals surface area contributed by atoms with Gasteiger partial charge in [0.1, 0.15) is 30.8 Å². The van der Waals surface area contributed by atoms with Gasteiger partial charge in [-0.1, -0.05) is 60.7 Å². The van der Waals surface area contributed by atoms with Gasteiger partial charge in [0, 0.05) is 22.8 Å². The third-order valence-corrected chi connectivity index (χ3v) is 6.38. The van der Waals surface area contributed by atoms with Crippen LogP contribution in [0.1, 0.15) is 45.7 Å². The van der Waals surface area contributed by atoms with E-state index in [-0.39, 0.29) is 40.4 Å². The van der Waals surface area contributed by atoms with Gasteiger partial charge in [-0.2, -0.15) is 0 Å². The molecule has 0 fully saturated rings. The van der Waals surface area contributed by atoms with Crippen LogP contribution in [-0.4, -0.2) is 35.0 Å². The van der Waals surface area contributed by atoms with E-state index >= 15 is 0 Å². The quantitative estimate of drug-likeness (QED) is 0.563. The standard InChI is InChI=1S/C29H26O6/c1-17-24-26(27(30)18(2)35-17)28(31)22-13-21(33-15-19-9-5-3-6-10-19)14-23(25(22)29(24)32)34-16-20-11-7-4-8-12-20/h3-14,17-18,27,30H,15-16H2,1-2H3/t17-,18-,27-/m1/s1. The minimum atomic E-state index is -1.19. The number of rotatable bonds is 6. The molecule has 3 atom stereocenters. The van der Waals surface area contributed by atoms with Crippen LogP contribution in [0.4, 0.5) is 0 Å². The molecule has 6 nitrogen and oxygen atoms in total. The summed E-state index contributed by atoms with van der Waals surface area (Å²) in [5.41, 5.74) is 2.52. The van der Waals surface area contributed by atoms with Crippen LogP contribution in [0.3, 0.4) is 0 Å². The van der Waals surface area contributed by atoms with Crippen molar-refractivity contribution in [2.45, 2.75) is 45.4 Å². The number of hydrogen-bond donors (Lipinski definition) is 1. The number of aliphatic hydroxyl groups is 1. The third-order valence-electron chi connectivity index (χ3n) is 6.38. The summed E-state index contributed by atoms with van der Waals surface area (Å²) in [7, 11) is 0. The van der Waals surface area contributed by atoms with Gasteiger partial charge in [0.25, 0.3) is 0 Å². The van der Waals surface area contributed by atoms with Crippen LogP contribution >= 0.6 is 0 Å². The minimum Gasteiger partial charge on any atom is -0.489 e. The molecule has 5 rings (SSSR count). The zero-order chi connectivity index (χ0) is 24.5. The van der Waals surface area contributed by atoms with E-state index in [1.807, 2.05) is 60.7 Å². The first-order chi connectivity index (χ1) is 16.9. The number of fused-ring (bicyclic) bond motifs is 1. The molecule has 0 unspecified atom stereocenters. The van der Waals surface area contributed by atoms with Crippen molar-refractivity contribution in [2.24, 2.45) is 0 Å². The van der Waals surface area contributed by atoms with Crippen LogP contribution in [0.15, 0.2) is 83.9 Å². The van der Waals surface area contributed by atoms with E-state index < -0.39 is 24.1 Å². The summed E-state index contributed by atoms with van der Waals surface area (Å²) in [6.45, 7) is 3.91. The molecule has 3 aromatic carbocycles. The number of ether oxygens (including phenoxy) is 3. The van der Waals surface area contributed by atoms with E-state index in [1.165, 1.54) is 0 Å². The molecular weight excluding hydrogens is 444 g/mol. The van der Waals surface area contributed by atoms with E-state index in [9.17, 15) is 14.7 Å². The van der Waals surface area contributed by atoms with Gasteiger partial charge in [0.15, 0.2) is 11.6 Å². The molecule has 0 radical (unpaired) electrons. The third kappa shape index (κ3) is 4.38. The summed E-state index contributed by atoms with van der Waals surface area (Å²) in [5.74, 6) is -0.104. The molecule has 0 spiro atoms. The highest BCUT2D eigenvalue weighted by Crippen LogP contribution is 2.41. The molecule has 2 aliphatic rings. The van der Waals surface area contributed by atoms with Crippen molar-refractivity contribution in [1.82, 2.24) is 0 Å². The Morgan fingerprint density at radius 2 is 1.40 bits per heavy atom. The normalized spacial score (nSPS) is 21.4. The van der Waals surface area contributed by atoms with E-state index in [2.05, 4.69) is 0 Å². The predicted octanol–water partition coefficient (Wildman–Crippen LogP) is 4.69. The van der Waals surface area contributed by atoms with E-state index in [0.29, 0.717) is 12.4 Å². The number of carbonyl (C=O) groups excluding carboxylic acids is 2. The minimum absolute atomic E-state index is 0.1000. The molecule has 0 aromatic heterocycles. The lowest BCUT2D eigenvalue weighted by atomic mass is 9.77. The van der Waals surface area contributed by atoms with Crippen LogP contribution in [-0.2, 0) is 18.0 Å². The predicted molar refractivity (Wildman–Crippen MR) is 130 cm³/mol. The van der Waals surface area contributed by atoms with E-state index in [0.717, 1.165) is 11.1 Å². The molecule has 1 aliphatic heterocycles. The zero-order valence-electron chi connectivity index (χ0n) is 19.6. The molecule has 0 saturated heterocycles. The van der Waals surface area contributed by atoms with Crippen molar-refractivity contribution in [3.63, 3.8) is 0 Å². The van der Waals surface area contributed by atoms with Gasteiger partial charge in [0.2, 0.25) is 0 Å². The molecule has 1 N–H and O–H groups in total. The van der Waals surface area contributed by atoms with Crippen molar-refractivity contribution in [3.05, 3.63) is 106 Å². The van der Waals surface area contributed by atoms with Gasteiger partial charge in [-0.25, -0.2) is 0 Å². The molecule has 6 heteroatoms. The Morgan fingerprint density at radius 1 is 0.800 bits per heavy atom. The summed E-state index contributed by atoms with van der Waals surface area (Å²) < 4.78 is 17.8. The summed E-state index contributed by atoms with van der Waals surface area (Å²) in [4.78, 5) is 27.3. The van der Waals surface area contributed by atoms with Crippen molar-refractivity contribution in [3.8, 4) is 11.5 Å². The largest absolute Gasteiger partial charge is 0.489 e. The van der Waals surface area contributed by atoms with Crippen LogP contribution in [0.5, 0.6) is 11.5 Å². The highest BCUT2D eigenvalue weighted by molar-refractivity contribution is 6.29. The molecule has 1 heterocycles. The number of carbonyl (C=O) groups is 2. The number of Topliss-reactive ketones (excluding diaryl/α,β-unsaturated/α-hetero) is 2. The van der Waals surface area contributed by atoms with E-state index in [4.69, 9.17) is 14.2 Å². The second-order valence-electron chi connectivity index (χ2n) is 8.81. The SMILES string of the molecule is C[C@H]1O[C@H](C)[C@@H](O)C2=C1C(=O)c1c(OCc3ccccc3)cc(OCc3ccccc3)cc1C2=O. The second-order valence-corrected chi connectivity index (χ2v) is 8.81. The smallest absolute Gasteiger partial charge is 0.196 e. The Morgan fingerprint density at radius 3 is 2.03 bits per heavy atom. The van der Waals surface area contributed by atoms with Gasteiger partial charge >= 0.3 is 0 Å². The van der Waals surface area contributed by atoms with Gasteiger partial charge in [0.05, 0.1) is 17.8 Å². The maximum absolute atomic E-state index is 13.7. The average Bonchev–Trinajstić information content (AvgIpc) is 2.87. The first-order valence-corrected chi connectivity index (χ1v) is 11.6. The number of aliphatic hydroxyl groups excluding tert-OH is 1. The first kappa shape index (κ1) is 23.0. The Kier molecular flexibility index (Phi) is 6.24. The molecule has 35 heavy (non-hydrogen) atoms. The highest BCUT2D eigenvalue weighted by Gasteiger charge is 2.45. The summed E-state index contributed by atoms with van der Waals surface area (Å²) in [6.07, 6.45) is -2.41. The molecular formula is C29H26O6. The lowest BCUT2D eigenvalue weighted by Crippen LogP contribution is -2.45. The zero-order valence-corrected chi connectivity index (χ0v) is 19.6. The lowest BCUT2D eigenvalue weighted by Gasteiger charge is -2.36. The molecule has 3 aromatic rings. The van der Waals surface area contributed by atoms with Gasteiger partial charge in [-0.3, -0.25) is 9.59 Å². The fourth-order valence-electron chi connectivity index (χ4n) is 4.60. The van der Waals surface area contributed by atoms with Crippen LogP contribution in [0, 0.1) is 0 Å². The Hall–Kier alpha value is -3.74. The lowest BCUT2D eigenvalue weighted by molar-refractivity contribution is -0.0493. The summed E-state index contributed by atoms with van der Waals surface area (Å²) in [6, 6.07) is 22.4. The van der Waals surface area contributed by atoms with Crippen LogP contribution in [0.25, 0.3) is 0 Å². The molecule has 178 valence electrons. The maximum Gasteiger partial charge on any atom is 0.196 e. The van der Waals surface area contributed by atoms with Crippen LogP contribution in [0.2, 0.25) is 0 Å². The van der Waals surface area contributed by atoms with Crippen molar-refractivity contribution >= 4 is 11.6 Å². The van der Waals surface area contributed by atoms with Crippen molar-refractivity contribution in [2.75, 3.05) is 0 Å². The number of ketones is 2. The van der Waals surface area contributed by atoms with Gasteiger partial charge in [-0.05, 0) is 31.0 Å². The highest BCUT2D eigenvalue weighted by atomic mass is 16.5. The molecule has 0 saturated carbocycles. The second kappa shape index (κ2) is 9.49. The molecule has 0 amide bonds. The van der Waals surface area contributed by atoms with Crippen molar-refractivity contribution in [1.29, 1.82) is 0 Å². The number of hydrogen-bond acceptors (Lipinski definition) is 6. The molecule has 1 aliphatic carbocycles. The molecule has 0 bridgehead atoms. The fourth-order valence-corrected chi connectivity index (χ4v) is 4.60. The topological polar surface area (TPSA) is 82.1 Å². The van der Waals surface area contributed by atoms with E-state index in [1.54, 1.807) is 26.0 Å². The maximum atomic E-state index is 13.7. The summed E-state index contributed by atoms with van der Waals surface area (Å²) in [5, 5.41) is 10.7. The Bertz CT molecular complexity index is 1300.